The van der Waals surface area contributed by atoms with E-state index in [9.17, 15) is 13.2 Å². The van der Waals surface area contributed by atoms with Gasteiger partial charge in [-0.2, -0.15) is 13.2 Å². The Kier molecular flexibility index (Phi) is 3.58. The molecule has 5 rings (SSSR count). The fourth-order valence-corrected chi connectivity index (χ4v) is 3.17. The van der Waals surface area contributed by atoms with Gasteiger partial charge in [0.1, 0.15) is 5.52 Å². The molecule has 2 heterocycles. The highest BCUT2D eigenvalue weighted by Gasteiger charge is 2.30. The highest BCUT2D eigenvalue weighted by molar-refractivity contribution is 5.83. The highest BCUT2D eigenvalue weighted by atomic mass is 19.4. The van der Waals surface area contributed by atoms with Gasteiger partial charge in [0, 0.05) is 0 Å². The molecule has 28 heavy (non-hydrogen) atoms. The van der Waals surface area contributed by atoms with Gasteiger partial charge >= 0.3 is 6.18 Å². The lowest BCUT2D eigenvalue weighted by molar-refractivity contribution is -0.137. The molecule has 4 aromatic rings. The van der Waals surface area contributed by atoms with Crippen molar-refractivity contribution < 1.29 is 27.1 Å². The van der Waals surface area contributed by atoms with Crippen LogP contribution >= 0.6 is 0 Å². The maximum atomic E-state index is 12.7. The van der Waals surface area contributed by atoms with Crippen LogP contribution in [-0.2, 0) is 6.18 Å². The first-order valence-corrected chi connectivity index (χ1v) is 8.46. The van der Waals surface area contributed by atoms with Crippen molar-refractivity contribution in [3.8, 4) is 34.1 Å². The van der Waals surface area contributed by atoms with E-state index >= 15 is 0 Å². The van der Waals surface area contributed by atoms with E-state index in [1.54, 1.807) is 24.3 Å². The molecule has 1 aromatic heterocycles. The van der Waals surface area contributed by atoms with Crippen LogP contribution in [0.25, 0.3) is 33.7 Å². The molecule has 0 unspecified atom stereocenters. The molecule has 0 saturated heterocycles. The van der Waals surface area contributed by atoms with Crippen LogP contribution in [0.5, 0.6) is 11.5 Å². The fourth-order valence-electron chi connectivity index (χ4n) is 3.17. The Bertz CT molecular complexity index is 1180. The van der Waals surface area contributed by atoms with Gasteiger partial charge in [0.2, 0.25) is 12.7 Å². The van der Waals surface area contributed by atoms with Gasteiger partial charge in [0.25, 0.3) is 0 Å². The minimum atomic E-state index is -4.36. The summed E-state index contributed by atoms with van der Waals surface area (Å²) in [7, 11) is 0. The summed E-state index contributed by atoms with van der Waals surface area (Å²) >= 11 is 0. The summed E-state index contributed by atoms with van der Waals surface area (Å²) in [5, 5.41) is 0. The van der Waals surface area contributed by atoms with Crippen LogP contribution < -0.4 is 9.47 Å². The lowest BCUT2D eigenvalue weighted by atomic mass is 10.0. The van der Waals surface area contributed by atoms with E-state index < -0.39 is 11.7 Å². The number of oxazole rings is 1. The predicted molar refractivity (Wildman–Crippen MR) is 96.0 cm³/mol. The van der Waals surface area contributed by atoms with Gasteiger partial charge in [-0.15, -0.1) is 0 Å². The largest absolute Gasteiger partial charge is 0.454 e. The standard InChI is InChI=1S/C21H12F3NO3/c22-21(23,24)14-7-4-12(5-8-14)13-6-9-16-18(10-13)28-20(25-16)15-2-1-3-17-19(15)27-11-26-17/h1-10H,11H2. The normalized spacial score (nSPS) is 13.2. The number of benzene rings is 3. The van der Waals surface area contributed by atoms with Crippen LogP contribution in [0.15, 0.2) is 65.1 Å². The Balaban J connectivity index is 1.54. The minimum absolute atomic E-state index is 0.143. The van der Waals surface area contributed by atoms with Crippen molar-refractivity contribution in [2.75, 3.05) is 6.79 Å². The van der Waals surface area contributed by atoms with Gasteiger partial charge in [-0.3, -0.25) is 0 Å². The molecule has 0 fully saturated rings. The van der Waals surface area contributed by atoms with Gasteiger partial charge in [0.05, 0.1) is 11.1 Å². The molecular formula is C21H12F3NO3. The zero-order valence-corrected chi connectivity index (χ0v) is 14.3. The zero-order valence-electron chi connectivity index (χ0n) is 14.3. The first kappa shape index (κ1) is 16.7. The Labute approximate surface area is 157 Å². The number of alkyl halides is 3. The molecule has 1 aliphatic heterocycles. The monoisotopic (exact) mass is 383 g/mol. The van der Waals surface area contributed by atoms with E-state index in [0.29, 0.717) is 39.6 Å². The second-order valence-electron chi connectivity index (χ2n) is 6.32. The van der Waals surface area contributed by atoms with Crippen molar-refractivity contribution in [2.24, 2.45) is 0 Å². The third kappa shape index (κ3) is 2.76. The maximum Gasteiger partial charge on any atom is 0.416 e. The molecule has 0 atom stereocenters. The van der Waals surface area contributed by atoms with E-state index in [1.165, 1.54) is 12.1 Å². The van der Waals surface area contributed by atoms with Crippen molar-refractivity contribution >= 4 is 11.1 Å². The number of nitrogens with zero attached hydrogens (tertiary/aromatic N) is 1. The number of ether oxygens (including phenoxy) is 2. The van der Waals surface area contributed by atoms with Gasteiger partial charge in [-0.25, -0.2) is 4.98 Å². The zero-order chi connectivity index (χ0) is 19.3. The molecule has 0 N–H and O–H groups in total. The van der Waals surface area contributed by atoms with Gasteiger partial charge < -0.3 is 13.9 Å². The maximum absolute atomic E-state index is 12.7. The van der Waals surface area contributed by atoms with Gasteiger partial charge in [-0.05, 0) is 47.5 Å². The highest BCUT2D eigenvalue weighted by Crippen LogP contribution is 2.41. The summed E-state index contributed by atoms with van der Waals surface area (Å²) in [5.41, 5.74) is 2.57. The second kappa shape index (κ2) is 6.02. The summed E-state index contributed by atoms with van der Waals surface area (Å²) < 4.78 is 55.0. The molecule has 0 saturated carbocycles. The molecule has 3 aromatic carbocycles. The Morgan fingerprint density at radius 2 is 1.64 bits per heavy atom. The number of rotatable bonds is 2. The average Bonchev–Trinajstić information content (AvgIpc) is 3.33. The average molecular weight is 383 g/mol. The van der Waals surface area contributed by atoms with Crippen molar-refractivity contribution in [3.63, 3.8) is 0 Å². The van der Waals surface area contributed by atoms with Crippen LogP contribution in [0, 0.1) is 0 Å². The number of halogens is 3. The molecule has 0 spiro atoms. The van der Waals surface area contributed by atoms with Gasteiger partial charge in [0.15, 0.2) is 17.1 Å². The number of hydrogen-bond donors (Lipinski definition) is 0. The molecule has 0 amide bonds. The Morgan fingerprint density at radius 3 is 2.43 bits per heavy atom. The molecule has 4 nitrogen and oxygen atoms in total. The van der Waals surface area contributed by atoms with E-state index in [0.717, 1.165) is 17.7 Å². The van der Waals surface area contributed by atoms with E-state index in [-0.39, 0.29) is 6.79 Å². The number of aromatic nitrogens is 1. The third-order valence-electron chi connectivity index (χ3n) is 4.56. The minimum Gasteiger partial charge on any atom is -0.454 e. The Morgan fingerprint density at radius 1 is 0.857 bits per heavy atom. The smallest absolute Gasteiger partial charge is 0.416 e. The Hall–Kier alpha value is -3.48. The summed E-state index contributed by atoms with van der Waals surface area (Å²) in [5.74, 6) is 1.60. The van der Waals surface area contributed by atoms with Crippen LogP contribution in [0.2, 0.25) is 0 Å². The van der Waals surface area contributed by atoms with Crippen LogP contribution in [-0.4, -0.2) is 11.8 Å². The fraction of sp³-hybridized carbons (Fsp3) is 0.0952. The quantitative estimate of drug-likeness (QED) is 0.432. The van der Waals surface area contributed by atoms with Crippen molar-refractivity contribution in [2.45, 2.75) is 6.18 Å². The predicted octanol–water partition coefficient (Wildman–Crippen LogP) is 5.91. The van der Waals surface area contributed by atoms with Gasteiger partial charge in [-0.1, -0.05) is 24.3 Å². The summed E-state index contributed by atoms with van der Waals surface area (Å²) in [6.07, 6.45) is -4.36. The van der Waals surface area contributed by atoms with E-state index in [2.05, 4.69) is 4.98 Å². The second-order valence-corrected chi connectivity index (χ2v) is 6.32. The lowest BCUT2D eigenvalue weighted by Gasteiger charge is -2.07. The summed E-state index contributed by atoms with van der Waals surface area (Å²) in [4.78, 5) is 4.49. The van der Waals surface area contributed by atoms with Crippen molar-refractivity contribution in [1.82, 2.24) is 4.98 Å². The van der Waals surface area contributed by atoms with E-state index in [4.69, 9.17) is 13.9 Å². The number of hydrogen-bond acceptors (Lipinski definition) is 4. The first-order valence-electron chi connectivity index (χ1n) is 8.46. The lowest BCUT2D eigenvalue weighted by Crippen LogP contribution is -2.03. The molecule has 7 heteroatoms. The molecule has 0 bridgehead atoms. The van der Waals surface area contributed by atoms with Crippen molar-refractivity contribution in [1.29, 1.82) is 0 Å². The van der Waals surface area contributed by atoms with Crippen LogP contribution in [0.4, 0.5) is 13.2 Å². The topological polar surface area (TPSA) is 44.5 Å². The van der Waals surface area contributed by atoms with Crippen molar-refractivity contribution in [3.05, 3.63) is 66.2 Å². The molecule has 1 aliphatic rings. The SMILES string of the molecule is FC(F)(F)c1ccc(-c2ccc3nc(-c4cccc5c4OCO5)oc3c2)cc1. The summed E-state index contributed by atoms with van der Waals surface area (Å²) in [6.45, 7) is 0.143. The molecular weight excluding hydrogens is 371 g/mol. The number of para-hydroxylation sites is 1. The molecule has 0 aliphatic carbocycles. The third-order valence-corrected chi connectivity index (χ3v) is 4.56. The first-order chi connectivity index (χ1) is 13.5. The van der Waals surface area contributed by atoms with Crippen LogP contribution in [0.3, 0.4) is 0 Å². The number of fused-ring (bicyclic) bond motifs is 2. The molecule has 0 radical (unpaired) electrons. The van der Waals surface area contributed by atoms with Crippen LogP contribution in [0.1, 0.15) is 5.56 Å². The molecule has 140 valence electrons. The summed E-state index contributed by atoms with van der Waals surface area (Å²) in [6, 6.07) is 15.8. The van der Waals surface area contributed by atoms with E-state index in [1.807, 2.05) is 12.1 Å².